The van der Waals surface area contributed by atoms with Crippen LogP contribution in [0.15, 0.2) is 0 Å². The Balaban J connectivity index is 2.37. The largest absolute Gasteiger partial charge is 0.453 e. The molecule has 0 saturated heterocycles. The molecule has 0 aliphatic heterocycles. The molecule has 1 amide bonds. The van der Waals surface area contributed by atoms with Crippen molar-refractivity contribution in [1.29, 1.82) is 0 Å². The molecule has 0 atom stereocenters. The van der Waals surface area contributed by atoms with Crippen LogP contribution < -0.4 is 0 Å². The Morgan fingerprint density at radius 2 is 2.22 bits per heavy atom. The number of hydrogen-bond acceptors (Lipinski definition) is 1. The molecule has 0 aromatic heterocycles. The summed E-state index contributed by atoms with van der Waals surface area (Å²) in [6.07, 6.45) is 1.00. The second-order valence-corrected chi connectivity index (χ2v) is 2.28. The van der Waals surface area contributed by atoms with Gasteiger partial charge in [-0.2, -0.15) is 0 Å². The average molecular weight is 128 g/mol. The van der Waals surface area contributed by atoms with E-state index in [0.717, 1.165) is 12.8 Å². The summed E-state index contributed by atoms with van der Waals surface area (Å²) in [5, 5.41) is 10.2. The first-order chi connectivity index (χ1) is 4.25. The van der Waals surface area contributed by atoms with E-state index >= 15 is 0 Å². The van der Waals surface area contributed by atoms with Crippen LogP contribution >= 0.6 is 0 Å². The van der Waals surface area contributed by atoms with E-state index in [1.165, 1.54) is 4.90 Å². The van der Waals surface area contributed by atoms with E-state index in [0.29, 0.717) is 6.54 Å². The molecule has 51 valence electrons. The van der Waals surface area contributed by atoms with Crippen molar-refractivity contribution in [1.82, 2.24) is 4.90 Å². The number of nitrogens with zero attached hydrogens (tertiary/aromatic N) is 1. The second kappa shape index (κ2) is 2.25. The van der Waals surface area contributed by atoms with Gasteiger partial charge in [0.25, 0.3) is 0 Å². The molecule has 3 nitrogen and oxygen atoms in total. The molecule has 0 heterocycles. The third kappa shape index (κ3) is 1.34. The molecule has 0 bridgehead atoms. The summed E-state index contributed by atoms with van der Waals surface area (Å²) in [5.74, 6) is 0. The average Bonchev–Trinajstić information content (AvgIpc) is 2.50. The number of carbonyl (C=O) groups is 1. The molecular formula is C6H10NO2. The second-order valence-electron chi connectivity index (χ2n) is 2.28. The molecule has 1 fully saturated rings. The van der Waals surface area contributed by atoms with Crippen LogP contribution in [0.2, 0.25) is 0 Å². The molecule has 0 aromatic carbocycles. The van der Waals surface area contributed by atoms with E-state index in [9.17, 15) is 9.90 Å². The van der Waals surface area contributed by atoms with Gasteiger partial charge in [0.15, 0.2) is 0 Å². The van der Waals surface area contributed by atoms with Gasteiger partial charge in [0.05, 0.1) is 0 Å². The van der Waals surface area contributed by atoms with E-state index in [1.54, 1.807) is 0 Å². The van der Waals surface area contributed by atoms with Crippen LogP contribution in [0.4, 0.5) is 4.79 Å². The first-order valence-corrected chi connectivity index (χ1v) is 3.23. The van der Waals surface area contributed by atoms with Gasteiger partial charge in [-0.05, 0) is 19.8 Å². The number of hydrogen-bond donors (Lipinski definition) is 0. The van der Waals surface area contributed by atoms with E-state index < -0.39 is 6.09 Å². The summed E-state index contributed by atoms with van der Waals surface area (Å²) >= 11 is 0. The van der Waals surface area contributed by atoms with Gasteiger partial charge in [0, 0.05) is 12.6 Å². The Kier molecular flexibility index (Phi) is 1.60. The molecule has 0 aromatic rings. The third-order valence-corrected chi connectivity index (χ3v) is 1.56. The highest BCUT2D eigenvalue weighted by Gasteiger charge is 2.31. The molecule has 3 heteroatoms. The SMILES string of the molecule is CCN(C([O])=O)C1CC1. The fourth-order valence-electron chi connectivity index (χ4n) is 0.923. The Morgan fingerprint density at radius 3 is 2.33 bits per heavy atom. The van der Waals surface area contributed by atoms with E-state index in [2.05, 4.69) is 0 Å². The summed E-state index contributed by atoms with van der Waals surface area (Å²) in [6, 6.07) is 0.278. The Morgan fingerprint density at radius 1 is 1.67 bits per heavy atom. The molecule has 1 saturated carbocycles. The van der Waals surface area contributed by atoms with Crippen LogP contribution in [0.5, 0.6) is 0 Å². The fourth-order valence-corrected chi connectivity index (χ4v) is 0.923. The lowest BCUT2D eigenvalue weighted by molar-refractivity contribution is 0.119. The van der Waals surface area contributed by atoms with Gasteiger partial charge in [-0.1, -0.05) is 0 Å². The van der Waals surface area contributed by atoms with Gasteiger partial charge in [-0.3, -0.25) is 0 Å². The highest BCUT2D eigenvalue weighted by Crippen LogP contribution is 2.26. The Hall–Kier alpha value is -0.730. The van der Waals surface area contributed by atoms with Crippen LogP contribution in [0.25, 0.3) is 0 Å². The number of rotatable bonds is 2. The van der Waals surface area contributed by atoms with Gasteiger partial charge in [-0.15, -0.1) is 0 Å². The van der Waals surface area contributed by atoms with Crippen LogP contribution in [0, 0.1) is 0 Å². The van der Waals surface area contributed by atoms with Crippen molar-refractivity contribution in [2.45, 2.75) is 25.8 Å². The van der Waals surface area contributed by atoms with Gasteiger partial charge in [0.2, 0.25) is 0 Å². The van der Waals surface area contributed by atoms with E-state index in [1.807, 2.05) is 6.92 Å². The van der Waals surface area contributed by atoms with Crippen LogP contribution in [0.3, 0.4) is 0 Å². The predicted octanol–water partition coefficient (Wildman–Crippen LogP) is 1.02. The highest BCUT2D eigenvalue weighted by atomic mass is 16.4. The number of amides is 1. The third-order valence-electron chi connectivity index (χ3n) is 1.56. The quantitative estimate of drug-likeness (QED) is 0.547. The van der Waals surface area contributed by atoms with Gasteiger partial charge < -0.3 is 4.90 Å². The first-order valence-electron chi connectivity index (χ1n) is 3.23. The van der Waals surface area contributed by atoms with Crippen LogP contribution in [-0.2, 0) is 5.11 Å². The van der Waals surface area contributed by atoms with Crippen molar-refractivity contribution in [3.63, 3.8) is 0 Å². The molecule has 1 aliphatic rings. The van der Waals surface area contributed by atoms with Gasteiger partial charge >= 0.3 is 6.09 Å². The predicted molar refractivity (Wildman–Crippen MR) is 31.5 cm³/mol. The van der Waals surface area contributed by atoms with Crippen molar-refractivity contribution in [3.05, 3.63) is 0 Å². The van der Waals surface area contributed by atoms with Gasteiger partial charge in [-0.25, -0.2) is 9.90 Å². The minimum Gasteiger partial charge on any atom is -0.302 e. The minimum atomic E-state index is -1.03. The molecule has 0 spiro atoms. The van der Waals surface area contributed by atoms with E-state index in [4.69, 9.17) is 0 Å². The fraction of sp³-hybridized carbons (Fsp3) is 0.833. The lowest BCUT2D eigenvalue weighted by Gasteiger charge is -2.12. The smallest absolute Gasteiger partial charge is 0.302 e. The van der Waals surface area contributed by atoms with Crippen molar-refractivity contribution in [2.75, 3.05) is 6.54 Å². The highest BCUT2D eigenvalue weighted by molar-refractivity contribution is 5.65. The summed E-state index contributed by atoms with van der Waals surface area (Å²) in [4.78, 5) is 11.6. The monoisotopic (exact) mass is 128 g/mol. The van der Waals surface area contributed by atoms with Crippen LogP contribution in [-0.4, -0.2) is 23.6 Å². The zero-order chi connectivity index (χ0) is 6.85. The Labute approximate surface area is 54.3 Å². The molecule has 1 aliphatic carbocycles. The zero-order valence-electron chi connectivity index (χ0n) is 5.46. The summed E-state index contributed by atoms with van der Waals surface area (Å²) in [6.45, 7) is 2.39. The van der Waals surface area contributed by atoms with Crippen molar-refractivity contribution < 1.29 is 9.90 Å². The van der Waals surface area contributed by atoms with E-state index in [-0.39, 0.29) is 6.04 Å². The molecule has 0 N–H and O–H groups in total. The first kappa shape index (κ1) is 6.39. The maximum Gasteiger partial charge on any atom is 0.453 e. The lowest BCUT2D eigenvalue weighted by Crippen LogP contribution is -2.30. The van der Waals surface area contributed by atoms with Crippen LogP contribution in [0.1, 0.15) is 19.8 Å². The normalized spacial score (nSPS) is 17.4. The standard InChI is InChI=1S/C6H10NO2/c1-2-7(6(8)9)5-3-4-5/h5H,2-4H2,1H3. The molecular weight excluding hydrogens is 118 g/mol. The summed E-state index contributed by atoms with van der Waals surface area (Å²) in [5.41, 5.74) is 0. The van der Waals surface area contributed by atoms with Gasteiger partial charge in [0.1, 0.15) is 0 Å². The molecule has 9 heavy (non-hydrogen) atoms. The van der Waals surface area contributed by atoms with Crippen molar-refractivity contribution in [3.8, 4) is 0 Å². The topological polar surface area (TPSA) is 40.2 Å². The lowest BCUT2D eigenvalue weighted by atomic mass is 10.5. The maximum absolute atomic E-state index is 10.2. The zero-order valence-corrected chi connectivity index (χ0v) is 5.46. The van der Waals surface area contributed by atoms with Crippen molar-refractivity contribution in [2.24, 2.45) is 0 Å². The minimum absolute atomic E-state index is 0.278. The molecule has 0 unspecified atom stereocenters. The van der Waals surface area contributed by atoms with Crippen molar-refractivity contribution >= 4 is 6.09 Å². The Bertz CT molecular complexity index is 120. The number of carbonyl (C=O) groups excluding carboxylic acids is 1. The maximum atomic E-state index is 10.2. The summed E-state index contributed by atoms with van der Waals surface area (Å²) < 4.78 is 0. The summed E-state index contributed by atoms with van der Waals surface area (Å²) in [7, 11) is 0. The molecule has 1 radical (unpaired) electrons. The molecule has 1 rings (SSSR count).